The number of carbonyl (C=O) groups is 2. The summed E-state index contributed by atoms with van der Waals surface area (Å²) < 4.78 is 0. The summed E-state index contributed by atoms with van der Waals surface area (Å²) in [4.78, 5) is 35.5. The molecule has 0 aliphatic rings. The first kappa shape index (κ1) is 21.4. The zero-order valence-electron chi connectivity index (χ0n) is 15.9. The van der Waals surface area contributed by atoms with E-state index in [4.69, 9.17) is 11.6 Å². The molecule has 0 fully saturated rings. The molecule has 0 bridgehead atoms. The third-order valence-electron chi connectivity index (χ3n) is 4.36. The first-order valence-electron chi connectivity index (χ1n) is 8.77. The van der Waals surface area contributed by atoms with E-state index in [1.54, 1.807) is 0 Å². The molecule has 1 atom stereocenters. The normalized spacial score (nSPS) is 11.8. The third kappa shape index (κ3) is 5.29. The number of hydrogen-bond donors (Lipinski definition) is 2. The number of nitrogens with one attached hydrogen (secondary N) is 2. The Balaban J connectivity index is 2.10. The van der Waals surface area contributed by atoms with E-state index in [0.717, 1.165) is 17.2 Å². The average molecular weight is 404 g/mol. The van der Waals surface area contributed by atoms with Crippen LogP contribution < -0.4 is 10.6 Å². The Morgan fingerprint density at radius 1 is 1.18 bits per heavy atom. The van der Waals surface area contributed by atoms with E-state index < -0.39 is 16.9 Å². The lowest BCUT2D eigenvalue weighted by atomic mass is 10.0. The van der Waals surface area contributed by atoms with Crippen LogP contribution in [-0.4, -0.2) is 22.8 Å². The Labute approximate surface area is 168 Å². The summed E-state index contributed by atoms with van der Waals surface area (Å²) in [7, 11) is 0. The second-order valence-electron chi connectivity index (χ2n) is 6.76. The molecular formula is C20H22ClN3O4. The number of nitro groups is 1. The number of carbonyl (C=O) groups excluding carboxylic acids is 2. The first-order chi connectivity index (χ1) is 13.2. The highest BCUT2D eigenvalue weighted by Gasteiger charge is 2.25. The molecule has 0 unspecified atom stereocenters. The van der Waals surface area contributed by atoms with Gasteiger partial charge in [0.1, 0.15) is 11.1 Å². The van der Waals surface area contributed by atoms with Crippen LogP contribution in [0, 0.1) is 23.0 Å². The zero-order chi connectivity index (χ0) is 20.8. The van der Waals surface area contributed by atoms with Crippen molar-refractivity contribution in [3.63, 3.8) is 0 Å². The van der Waals surface area contributed by atoms with Gasteiger partial charge in [-0.3, -0.25) is 19.7 Å². The lowest BCUT2D eigenvalue weighted by Crippen LogP contribution is -2.49. The fourth-order valence-electron chi connectivity index (χ4n) is 2.65. The molecule has 0 saturated carbocycles. The molecule has 2 N–H and O–H groups in total. The van der Waals surface area contributed by atoms with Crippen LogP contribution in [0.2, 0.25) is 5.02 Å². The van der Waals surface area contributed by atoms with Crippen molar-refractivity contribution in [2.75, 3.05) is 0 Å². The van der Waals surface area contributed by atoms with Crippen LogP contribution in [0.3, 0.4) is 0 Å². The summed E-state index contributed by atoms with van der Waals surface area (Å²) in [6.07, 6.45) is 0. The molecule has 148 valence electrons. The number of aryl methyl sites for hydroxylation is 1. The van der Waals surface area contributed by atoms with Crippen LogP contribution in [0.25, 0.3) is 0 Å². The topological polar surface area (TPSA) is 101 Å². The molecule has 0 heterocycles. The van der Waals surface area contributed by atoms with E-state index in [1.807, 2.05) is 45.0 Å². The largest absolute Gasteiger partial charge is 0.350 e. The number of halogens is 1. The Bertz CT molecular complexity index is 899. The van der Waals surface area contributed by atoms with Crippen molar-refractivity contribution < 1.29 is 14.5 Å². The van der Waals surface area contributed by atoms with E-state index in [9.17, 15) is 19.7 Å². The molecule has 7 nitrogen and oxygen atoms in total. The maximum Gasteiger partial charge on any atom is 0.288 e. The van der Waals surface area contributed by atoms with Gasteiger partial charge in [-0.05, 0) is 36.1 Å². The van der Waals surface area contributed by atoms with Crippen molar-refractivity contribution in [2.24, 2.45) is 5.92 Å². The van der Waals surface area contributed by atoms with Gasteiger partial charge in [-0.15, -0.1) is 0 Å². The minimum absolute atomic E-state index is 0.0575. The summed E-state index contributed by atoms with van der Waals surface area (Å²) in [5, 5.41) is 16.4. The molecule has 28 heavy (non-hydrogen) atoms. The fraction of sp³-hybridized carbons (Fsp3) is 0.300. The molecule has 2 amide bonds. The SMILES string of the molecule is Cc1ccccc1CNC(=O)[C@@H](NC(=O)c1ccc(Cl)c([N+](=O)[O-])c1)C(C)C. The van der Waals surface area contributed by atoms with Gasteiger partial charge in [-0.25, -0.2) is 0 Å². The van der Waals surface area contributed by atoms with Crippen LogP contribution in [0.15, 0.2) is 42.5 Å². The Kier molecular flexibility index (Phi) is 7.12. The highest BCUT2D eigenvalue weighted by atomic mass is 35.5. The van der Waals surface area contributed by atoms with E-state index in [-0.39, 0.29) is 28.1 Å². The summed E-state index contributed by atoms with van der Waals surface area (Å²) in [6, 6.07) is 10.7. The molecule has 2 aromatic carbocycles. The molecule has 0 aromatic heterocycles. The van der Waals surface area contributed by atoms with Gasteiger partial charge in [0, 0.05) is 18.2 Å². The van der Waals surface area contributed by atoms with Crippen LogP contribution in [0.4, 0.5) is 5.69 Å². The molecule has 2 rings (SSSR count). The van der Waals surface area contributed by atoms with Crippen molar-refractivity contribution in [3.8, 4) is 0 Å². The standard InChI is InChI=1S/C20H22ClN3O4/c1-12(2)18(20(26)22-11-15-7-5-4-6-13(15)3)23-19(25)14-8-9-16(21)17(10-14)24(27)28/h4-10,12,18H,11H2,1-3H3,(H,22,26)(H,23,25)/t18-/m0/s1. The molecular weight excluding hydrogens is 382 g/mol. The lowest BCUT2D eigenvalue weighted by molar-refractivity contribution is -0.384. The van der Waals surface area contributed by atoms with Gasteiger partial charge >= 0.3 is 0 Å². The second kappa shape index (κ2) is 9.32. The molecule has 8 heteroatoms. The predicted octanol–water partition coefficient (Wildman–Crippen LogP) is 3.63. The second-order valence-corrected chi connectivity index (χ2v) is 7.17. The monoisotopic (exact) mass is 403 g/mol. The Hall–Kier alpha value is -2.93. The minimum atomic E-state index is -0.786. The maximum atomic E-state index is 12.6. The molecule has 0 aliphatic carbocycles. The van der Waals surface area contributed by atoms with Gasteiger partial charge < -0.3 is 10.6 Å². The molecule has 0 aliphatic heterocycles. The number of hydrogen-bond acceptors (Lipinski definition) is 4. The van der Waals surface area contributed by atoms with Crippen molar-refractivity contribution in [3.05, 3.63) is 74.3 Å². The van der Waals surface area contributed by atoms with Crippen LogP contribution in [0.1, 0.15) is 35.3 Å². The van der Waals surface area contributed by atoms with Crippen molar-refractivity contribution in [2.45, 2.75) is 33.4 Å². The number of nitrogens with zero attached hydrogens (tertiary/aromatic N) is 1. The fourth-order valence-corrected chi connectivity index (χ4v) is 2.84. The van der Waals surface area contributed by atoms with Crippen LogP contribution in [-0.2, 0) is 11.3 Å². The summed E-state index contributed by atoms with van der Waals surface area (Å²) in [5.74, 6) is -1.08. The number of rotatable bonds is 7. The molecule has 2 aromatic rings. The summed E-state index contributed by atoms with van der Waals surface area (Å²) >= 11 is 5.78. The van der Waals surface area contributed by atoms with Gasteiger partial charge in [0.2, 0.25) is 5.91 Å². The molecule has 0 radical (unpaired) electrons. The third-order valence-corrected chi connectivity index (χ3v) is 4.67. The van der Waals surface area contributed by atoms with Crippen molar-refractivity contribution in [1.29, 1.82) is 0 Å². The van der Waals surface area contributed by atoms with Crippen LogP contribution in [0.5, 0.6) is 0 Å². The Morgan fingerprint density at radius 2 is 1.86 bits per heavy atom. The first-order valence-corrected chi connectivity index (χ1v) is 9.15. The molecule has 0 spiro atoms. The number of nitro benzene ring substituents is 1. The summed E-state index contributed by atoms with van der Waals surface area (Å²) in [6.45, 7) is 5.92. The minimum Gasteiger partial charge on any atom is -0.350 e. The van der Waals surface area contributed by atoms with Gasteiger partial charge in [-0.1, -0.05) is 49.7 Å². The quantitative estimate of drug-likeness (QED) is 0.544. The highest BCUT2D eigenvalue weighted by Crippen LogP contribution is 2.25. The van der Waals surface area contributed by atoms with E-state index in [2.05, 4.69) is 10.6 Å². The van der Waals surface area contributed by atoms with Crippen LogP contribution >= 0.6 is 11.6 Å². The zero-order valence-corrected chi connectivity index (χ0v) is 16.6. The summed E-state index contributed by atoms with van der Waals surface area (Å²) in [5.41, 5.74) is 1.74. The smallest absolute Gasteiger partial charge is 0.288 e. The van der Waals surface area contributed by atoms with Gasteiger partial charge in [0.15, 0.2) is 0 Å². The average Bonchev–Trinajstić information content (AvgIpc) is 2.64. The van der Waals surface area contributed by atoms with Gasteiger partial charge in [-0.2, -0.15) is 0 Å². The van der Waals surface area contributed by atoms with E-state index in [0.29, 0.717) is 6.54 Å². The van der Waals surface area contributed by atoms with E-state index >= 15 is 0 Å². The number of benzene rings is 2. The predicted molar refractivity (Wildman–Crippen MR) is 107 cm³/mol. The highest BCUT2D eigenvalue weighted by molar-refractivity contribution is 6.32. The Morgan fingerprint density at radius 3 is 2.46 bits per heavy atom. The lowest BCUT2D eigenvalue weighted by Gasteiger charge is -2.22. The van der Waals surface area contributed by atoms with Gasteiger partial charge in [0.05, 0.1) is 4.92 Å². The van der Waals surface area contributed by atoms with Crippen molar-refractivity contribution in [1.82, 2.24) is 10.6 Å². The van der Waals surface area contributed by atoms with Crippen molar-refractivity contribution >= 4 is 29.1 Å². The van der Waals surface area contributed by atoms with E-state index in [1.165, 1.54) is 12.1 Å². The molecule has 0 saturated heterocycles. The maximum absolute atomic E-state index is 12.6. The van der Waals surface area contributed by atoms with Gasteiger partial charge in [0.25, 0.3) is 11.6 Å². The number of amides is 2.